The Hall–Kier alpha value is -2.13. The van der Waals surface area contributed by atoms with Gasteiger partial charge in [-0.2, -0.15) is 0 Å². The van der Waals surface area contributed by atoms with Crippen LogP contribution >= 0.6 is 0 Å². The van der Waals surface area contributed by atoms with Gasteiger partial charge in [0.05, 0.1) is 11.2 Å². The van der Waals surface area contributed by atoms with E-state index in [2.05, 4.69) is 15.6 Å². The first-order chi connectivity index (χ1) is 14.3. The van der Waals surface area contributed by atoms with Crippen molar-refractivity contribution in [1.29, 1.82) is 0 Å². The van der Waals surface area contributed by atoms with Crippen LogP contribution in [0.1, 0.15) is 78.2 Å². The van der Waals surface area contributed by atoms with Crippen molar-refractivity contribution in [3.8, 4) is 0 Å². The molecule has 1 aliphatic rings. The van der Waals surface area contributed by atoms with Gasteiger partial charge in [-0.1, -0.05) is 0 Å². The van der Waals surface area contributed by atoms with Gasteiger partial charge in [0.2, 0.25) is 0 Å². The Balaban J connectivity index is 1.72. The molecule has 1 aliphatic heterocycles. The highest BCUT2D eigenvalue weighted by atomic mass is 16.7. The van der Waals surface area contributed by atoms with Crippen LogP contribution in [-0.2, 0) is 14.0 Å². The molecule has 2 N–H and O–H groups in total. The number of unbranched alkanes of at least 4 members (excludes halogenated alkanes) is 2. The van der Waals surface area contributed by atoms with Gasteiger partial charge in [-0.3, -0.25) is 9.78 Å². The molecule has 2 amide bonds. The summed E-state index contributed by atoms with van der Waals surface area (Å²) in [5.74, 6) is -0.231. The molecule has 31 heavy (non-hydrogen) atoms. The van der Waals surface area contributed by atoms with Gasteiger partial charge in [0, 0.05) is 19.3 Å². The zero-order chi connectivity index (χ0) is 23.3. The van der Waals surface area contributed by atoms with E-state index in [0.29, 0.717) is 18.8 Å². The Bertz CT molecular complexity index is 761. The van der Waals surface area contributed by atoms with Crippen LogP contribution in [0.15, 0.2) is 18.3 Å². The number of amides is 2. The molecule has 0 aromatic carbocycles. The van der Waals surface area contributed by atoms with Crippen LogP contribution in [0.25, 0.3) is 0 Å². The molecule has 0 spiro atoms. The Morgan fingerprint density at radius 3 is 2.19 bits per heavy atom. The fourth-order valence-corrected chi connectivity index (χ4v) is 2.92. The van der Waals surface area contributed by atoms with E-state index in [4.69, 9.17) is 14.0 Å². The number of rotatable bonds is 8. The first-order valence-corrected chi connectivity index (χ1v) is 10.9. The number of hydrogen-bond donors (Lipinski definition) is 2. The fourth-order valence-electron chi connectivity index (χ4n) is 2.92. The molecule has 1 fully saturated rings. The molecule has 2 rings (SSSR count). The van der Waals surface area contributed by atoms with Crippen molar-refractivity contribution in [2.75, 3.05) is 13.1 Å². The summed E-state index contributed by atoms with van der Waals surface area (Å²) >= 11 is 0. The highest BCUT2D eigenvalue weighted by Crippen LogP contribution is 2.36. The summed E-state index contributed by atoms with van der Waals surface area (Å²) in [5, 5.41) is 5.61. The molecule has 2 heterocycles. The standard InChI is InChI=1S/C22H36BN3O5/c1-20(2,3)29-19(28)26-13-10-8-9-12-25-18(27)17-15-16(11-14-24-17)23-30-21(4,5)22(6,7)31-23/h11,14-15H,8-10,12-13H2,1-7H3,(H,25,27)(H,26,28). The molecule has 8 nitrogen and oxygen atoms in total. The normalized spacial score (nSPS) is 17.3. The topological polar surface area (TPSA) is 98.8 Å². The lowest BCUT2D eigenvalue weighted by Crippen LogP contribution is -2.41. The number of hydrogen-bond acceptors (Lipinski definition) is 6. The van der Waals surface area contributed by atoms with Gasteiger partial charge in [0.15, 0.2) is 0 Å². The Labute approximate surface area is 186 Å². The Morgan fingerprint density at radius 1 is 1.03 bits per heavy atom. The van der Waals surface area contributed by atoms with Crippen molar-refractivity contribution >= 4 is 24.6 Å². The third-order valence-corrected chi connectivity index (χ3v) is 5.35. The zero-order valence-corrected chi connectivity index (χ0v) is 19.8. The molecule has 0 bridgehead atoms. The number of pyridine rings is 1. The van der Waals surface area contributed by atoms with Crippen molar-refractivity contribution in [2.24, 2.45) is 0 Å². The first-order valence-electron chi connectivity index (χ1n) is 10.9. The SMILES string of the molecule is CC(C)(C)OC(=O)NCCCCCNC(=O)c1cc(B2OC(C)(C)C(C)(C)O2)ccn1. The highest BCUT2D eigenvalue weighted by Gasteiger charge is 2.51. The summed E-state index contributed by atoms with van der Waals surface area (Å²) in [4.78, 5) is 28.2. The average Bonchev–Trinajstić information content (AvgIpc) is 2.87. The van der Waals surface area contributed by atoms with E-state index in [-0.39, 0.29) is 5.91 Å². The zero-order valence-electron chi connectivity index (χ0n) is 19.8. The van der Waals surface area contributed by atoms with E-state index >= 15 is 0 Å². The van der Waals surface area contributed by atoms with E-state index in [9.17, 15) is 9.59 Å². The first kappa shape index (κ1) is 25.1. The predicted molar refractivity (Wildman–Crippen MR) is 120 cm³/mol. The second kappa shape index (κ2) is 10.00. The second-order valence-corrected chi connectivity index (χ2v) is 9.81. The van der Waals surface area contributed by atoms with E-state index in [1.165, 1.54) is 0 Å². The minimum atomic E-state index is -0.531. The van der Waals surface area contributed by atoms with Crippen LogP contribution in [0.3, 0.4) is 0 Å². The van der Waals surface area contributed by atoms with Crippen LogP contribution in [0.2, 0.25) is 0 Å². The van der Waals surface area contributed by atoms with Gasteiger partial charge < -0.3 is 24.7 Å². The monoisotopic (exact) mass is 433 g/mol. The maximum absolute atomic E-state index is 12.4. The third kappa shape index (κ3) is 7.50. The molecule has 1 saturated heterocycles. The smallest absolute Gasteiger partial charge is 0.444 e. The van der Waals surface area contributed by atoms with Crippen LogP contribution < -0.4 is 16.1 Å². The predicted octanol–water partition coefficient (Wildman–Crippen LogP) is 2.81. The van der Waals surface area contributed by atoms with E-state index in [1.807, 2.05) is 48.5 Å². The number of alkyl carbamates (subject to hydrolysis) is 1. The summed E-state index contributed by atoms with van der Waals surface area (Å²) in [6, 6.07) is 3.51. The molecule has 9 heteroatoms. The Morgan fingerprint density at radius 2 is 1.61 bits per heavy atom. The van der Waals surface area contributed by atoms with Gasteiger partial charge in [-0.25, -0.2) is 4.79 Å². The fraction of sp³-hybridized carbons (Fsp3) is 0.682. The van der Waals surface area contributed by atoms with Crippen molar-refractivity contribution in [1.82, 2.24) is 15.6 Å². The van der Waals surface area contributed by atoms with Gasteiger partial charge in [-0.15, -0.1) is 0 Å². The van der Waals surface area contributed by atoms with Gasteiger partial charge >= 0.3 is 13.2 Å². The summed E-state index contributed by atoms with van der Waals surface area (Å²) in [6.45, 7) is 14.5. The number of carbonyl (C=O) groups excluding carboxylic acids is 2. The van der Waals surface area contributed by atoms with Crippen LogP contribution in [0, 0.1) is 0 Å². The number of nitrogens with one attached hydrogen (secondary N) is 2. The maximum Gasteiger partial charge on any atom is 0.494 e. The maximum atomic E-state index is 12.4. The van der Waals surface area contributed by atoms with E-state index in [0.717, 1.165) is 24.7 Å². The molecule has 0 aliphatic carbocycles. The minimum Gasteiger partial charge on any atom is -0.444 e. The van der Waals surface area contributed by atoms with Crippen molar-refractivity contribution < 1.29 is 23.6 Å². The van der Waals surface area contributed by atoms with Gasteiger partial charge in [0.1, 0.15) is 11.3 Å². The molecule has 172 valence electrons. The molecule has 1 aromatic rings. The largest absolute Gasteiger partial charge is 0.494 e. The second-order valence-electron chi connectivity index (χ2n) is 9.81. The van der Waals surface area contributed by atoms with Crippen molar-refractivity contribution in [3.05, 3.63) is 24.0 Å². The molecule has 0 radical (unpaired) electrons. The average molecular weight is 433 g/mol. The highest BCUT2D eigenvalue weighted by molar-refractivity contribution is 6.62. The van der Waals surface area contributed by atoms with Crippen molar-refractivity contribution in [2.45, 2.75) is 84.5 Å². The van der Waals surface area contributed by atoms with Gasteiger partial charge in [0.25, 0.3) is 5.91 Å². The lowest BCUT2D eigenvalue weighted by Gasteiger charge is -2.32. The van der Waals surface area contributed by atoms with Crippen LogP contribution in [0.5, 0.6) is 0 Å². The number of nitrogens with zero attached hydrogens (tertiary/aromatic N) is 1. The molecule has 0 atom stereocenters. The van der Waals surface area contributed by atoms with E-state index < -0.39 is 30.0 Å². The summed E-state index contributed by atoms with van der Waals surface area (Å²) in [5.41, 5.74) is -0.281. The Kier molecular flexibility index (Phi) is 8.11. The molecule has 0 saturated carbocycles. The molecule has 0 unspecified atom stereocenters. The van der Waals surface area contributed by atoms with Gasteiger partial charge in [-0.05, 0) is 85.3 Å². The number of aromatic nitrogens is 1. The summed E-state index contributed by atoms with van der Waals surface area (Å²) in [6.07, 6.45) is 3.67. The lowest BCUT2D eigenvalue weighted by atomic mass is 9.79. The van der Waals surface area contributed by atoms with E-state index in [1.54, 1.807) is 18.3 Å². The summed E-state index contributed by atoms with van der Waals surface area (Å²) < 4.78 is 17.3. The third-order valence-electron chi connectivity index (χ3n) is 5.35. The quantitative estimate of drug-likeness (QED) is 0.483. The van der Waals surface area contributed by atoms with Crippen LogP contribution in [0.4, 0.5) is 4.79 Å². The molecular weight excluding hydrogens is 397 g/mol. The minimum absolute atomic E-state index is 0.231. The van der Waals surface area contributed by atoms with Crippen LogP contribution in [-0.4, -0.2) is 54.0 Å². The number of carbonyl (C=O) groups is 2. The van der Waals surface area contributed by atoms with Crippen molar-refractivity contribution in [3.63, 3.8) is 0 Å². The lowest BCUT2D eigenvalue weighted by molar-refractivity contribution is 0.00578. The molecule has 1 aromatic heterocycles. The number of ether oxygens (including phenoxy) is 1. The summed E-state index contributed by atoms with van der Waals surface area (Å²) in [7, 11) is -0.531. The molecular formula is C22H36BN3O5.